The fourth-order valence-electron chi connectivity index (χ4n) is 4.39. The van der Waals surface area contributed by atoms with E-state index in [1.165, 1.54) is 58.0 Å². The summed E-state index contributed by atoms with van der Waals surface area (Å²) in [6.45, 7) is 0. The van der Waals surface area contributed by atoms with Crippen LogP contribution in [0.1, 0.15) is 18.9 Å². The van der Waals surface area contributed by atoms with E-state index in [1.54, 1.807) is 0 Å². The third kappa shape index (κ3) is 3.93. The highest BCUT2D eigenvalue weighted by Crippen LogP contribution is 2.33. The highest BCUT2D eigenvalue weighted by Gasteiger charge is 2.31. The molecule has 0 aliphatic carbocycles. The third-order valence-electron chi connectivity index (χ3n) is 5.85. The molecule has 2 heterocycles. The Morgan fingerprint density at radius 2 is 1.10 bits per heavy atom. The summed E-state index contributed by atoms with van der Waals surface area (Å²) in [4.78, 5) is 0. The standard InChI is InChI=1S/C28H26NS/c1-4-11-22(12-5-1)25-19-27(23-13-6-2-7-14-23)29(26-17-10-18-30-21-26)28(20-25)24-15-8-3-9-16-24/h1-9,11-16,19-20,26H,10,17-18,21H2/q+1. The lowest BCUT2D eigenvalue weighted by Crippen LogP contribution is -2.46. The monoisotopic (exact) mass is 408 g/mol. The Morgan fingerprint density at radius 3 is 1.57 bits per heavy atom. The Balaban J connectivity index is 1.80. The van der Waals surface area contributed by atoms with E-state index in [0.29, 0.717) is 6.04 Å². The first kappa shape index (κ1) is 19.1. The van der Waals surface area contributed by atoms with Crippen LogP contribution in [0.4, 0.5) is 0 Å². The van der Waals surface area contributed by atoms with Gasteiger partial charge < -0.3 is 0 Å². The maximum Gasteiger partial charge on any atom is 0.213 e. The molecule has 3 aromatic carbocycles. The molecular weight excluding hydrogens is 382 g/mol. The van der Waals surface area contributed by atoms with E-state index in [4.69, 9.17) is 0 Å². The van der Waals surface area contributed by atoms with E-state index < -0.39 is 0 Å². The molecule has 0 amide bonds. The summed E-state index contributed by atoms with van der Waals surface area (Å²) in [6.07, 6.45) is 2.52. The molecule has 0 saturated carbocycles. The normalized spacial score (nSPS) is 16.3. The Hall–Kier alpha value is -2.84. The molecule has 0 spiro atoms. The largest absolute Gasteiger partial charge is 0.213 e. The summed E-state index contributed by atoms with van der Waals surface area (Å²) in [6, 6.07) is 37.8. The number of thioether (sulfide) groups is 1. The van der Waals surface area contributed by atoms with Gasteiger partial charge in [0.2, 0.25) is 11.4 Å². The van der Waals surface area contributed by atoms with Crippen LogP contribution in [0.5, 0.6) is 0 Å². The van der Waals surface area contributed by atoms with Crippen LogP contribution in [0.3, 0.4) is 0 Å². The summed E-state index contributed by atoms with van der Waals surface area (Å²) >= 11 is 2.09. The second-order valence-electron chi connectivity index (χ2n) is 7.85. The minimum atomic E-state index is 0.513. The van der Waals surface area contributed by atoms with Crippen molar-refractivity contribution in [2.45, 2.75) is 18.9 Å². The van der Waals surface area contributed by atoms with Gasteiger partial charge >= 0.3 is 0 Å². The van der Waals surface area contributed by atoms with Gasteiger partial charge in [-0.3, -0.25) is 0 Å². The number of hydrogen-bond acceptors (Lipinski definition) is 1. The van der Waals surface area contributed by atoms with Crippen LogP contribution in [-0.4, -0.2) is 11.5 Å². The maximum atomic E-state index is 2.61. The van der Waals surface area contributed by atoms with Crippen LogP contribution < -0.4 is 4.57 Å². The van der Waals surface area contributed by atoms with Crippen molar-refractivity contribution in [2.75, 3.05) is 11.5 Å². The number of nitrogens with zero attached hydrogens (tertiary/aromatic N) is 1. The first-order valence-electron chi connectivity index (χ1n) is 10.7. The van der Waals surface area contributed by atoms with E-state index in [0.717, 1.165) is 0 Å². The number of aromatic nitrogens is 1. The highest BCUT2D eigenvalue weighted by molar-refractivity contribution is 7.99. The van der Waals surface area contributed by atoms with Gasteiger partial charge in [-0.25, -0.2) is 0 Å². The van der Waals surface area contributed by atoms with Gasteiger partial charge in [-0.2, -0.15) is 16.3 Å². The second kappa shape index (κ2) is 8.89. The Bertz CT molecular complexity index is 1040. The van der Waals surface area contributed by atoms with Gasteiger partial charge in [0.25, 0.3) is 0 Å². The average Bonchev–Trinajstić information content (AvgIpc) is 2.85. The molecule has 1 saturated heterocycles. The fourth-order valence-corrected chi connectivity index (χ4v) is 5.51. The summed E-state index contributed by atoms with van der Waals surface area (Å²) in [5.74, 6) is 2.45. The lowest BCUT2D eigenvalue weighted by Gasteiger charge is -2.22. The van der Waals surface area contributed by atoms with Crippen LogP contribution in [0, 0.1) is 0 Å². The molecule has 0 radical (unpaired) electrons. The SMILES string of the molecule is c1ccc(-c2cc(-c3ccccc3)[n+](C3CCCSC3)c(-c3ccccc3)c2)cc1. The smallest absolute Gasteiger partial charge is 0.188 e. The molecule has 1 aromatic heterocycles. The molecule has 1 aliphatic heterocycles. The Kier molecular flexibility index (Phi) is 5.67. The molecule has 2 heteroatoms. The number of pyridine rings is 1. The van der Waals surface area contributed by atoms with Crippen molar-refractivity contribution in [3.8, 4) is 33.6 Å². The summed E-state index contributed by atoms with van der Waals surface area (Å²) < 4.78 is 2.61. The van der Waals surface area contributed by atoms with Crippen molar-refractivity contribution >= 4 is 11.8 Å². The van der Waals surface area contributed by atoms with E-state index >= 15 is 0 Å². The summed E-state index contributed by atoms with van der Waals surface area (Å²) in [7, 11) is 0. The van der Waals surface area contributed by atoms with E-state index in [1.807, 2.05) is 0 Å². The first-order chi connectivity index (χ1) is 14.9. The Labute approximate surface area is 183 Å². The molecule has 148 valence electrons. The average molecular weight is 409 g/mol. The first-order valence-corrected chi connectivity index (χ1v) is 11.9. The molecule has 1 unspecified atom stereocenters. The fraction of sp³-hybridized carbons (Fsp3) is 0.179. The summed E-state index contributed by atoms with van der Waals surface area (Å²) in [5.41, 5.74) is 7.71. The van der Waals surface area contributed by atoms with Gasteiger partial charge in [0, 0.05) is 29.7 Å². The quantitative estimate of drug-likeness (QED) is 0.327. The van der Waals surface area contributed by atoms with Gasteiger partial charge in [-0.05, 0) is 47.6 Å². The molecular formula is C28H26NS+. The molecule has 0 bridgehead atoms. The van der Waals surface area contributed by atoms with Crippen LogP contribution in [0.15, 0.2) is 103 Å². The van der Waals surface area contributed by atoms with Crippen LogP contribution >= 0.6 is 11.8 Å². The van der Waals surface area contributed by atoms with Crippen LogP contribution in [0.25, 0.3) is 33.6 Å². The van der Waals surface area contributed by atoms with E-state index in [2.05, 4.69) is 119 Å². The van der Waals surface area contributed by atoms with Gasteiger partial charge in [0.05, 0.1) is 5.75 Å². The predicted molar refractivity (Wildman–Crippen MR) is 129 cm³/mol. The Morgan fingerprint density at radius 1 is 0.600 bits per heavy atom. The lowest BCUT2D eigenvalue weighted by atomic mass is 9.97. The molecule has 5 rings (SSSR count). The van der Waals surface area contributed by atoms with Crippen molar-refractivity contribution in [1.29, 1.82) is 0 Å². The second-order valence-corrected chi connectivity index (χ2v) is 9.00. The maximum absolute atomic E-state index is 2.61. The van der Waals surface area contributed by atoms with Gasteiger partial charge in [0.15, 0.2) is 6.04 Å². The number of benzene rings is 3. The zero-order valence-electron chi connectivity index (χ0n) is 17.1. The van der Waals surface area contributed by atoms with Gasteiger partial charge in [-0.1, -0.05) is 66.7 Å². The zero-order chi connectivity index (χ0) is 20.2. The minimum absolute atomic E-state index is 0.513. The molecule has 1 fully saturated rings. The van der Waals surface area contributed by atoms with Crippen molar-refractivity contribution < 1.29 is 4.57 Å². The predicted octanol–water partition coefficient (Wildman–Crippen LogP) is 7.04. The number of hydrogen-bond donors (Lipinski definition) is 0. The molecule has 1 aliphatic rings. The molecule has 1 nitrogen and oxygen atoms in total. The minimum Gasteiger partial charge on any atom is -0.188 e. The van der Waals surface area contributed by atoms with Crippen molar-refractivity contribution in [3.05, 3.63) is 103 Å². The molecule has 1 atom stereocenters. The lowest BCUT2D eigenvalue weighted by molar-refractivity contribution is -0.698. The third-order valence-corrected chi connectivity index (χ3v) is 7.05. The van der Waals surface area contributed by atoms with E-state index in [9.17, 15) is 0 Å². The van der Waals surface area contributed by atoms with Crippen LogP contribution in [0.2, 0.25) is 0 Å². The molecule has 30 heavy (non-hydrogen) atoms. The zero-order valence-corrected chi connectivity index (χ0v) is 17.9. The van der Waals surface area contributed by atoms with Gasteiger partial charge in [0.1, 0.15) is 0 Å². The van der Waals surface area contributed by atoms with Crippen molar-refractivity contribution in [3.63, 3.8) is 0 Å². The molecule has 4 aromatic rings. The molecule has 0 N–H and O–H groups in total. The van der Waals surface area contributed by atoms with Crippen LogP contribution in [-0.2, 0) is 0 Å². The highest BCUT2D eigenvalue weighted by atomic mass is 32.2. The topological polar surface area (TPSA) is 3.88 Å². The summed E-state index contributed by atoms with van der Waals surface area (Å²) in [5, 5.41) is 0. The van der Waals surface area contributed by atoms with Gasteiger partial charge in [-0.15, -0.1) is 0 Å². The number of rotatable bonds is 4. The van der Waals surface area contributed by atoms with Crippen molar-refractivity contribution in [2.24, 2.45) is 0 Å². The van der Waals surface area contributed by atoms with E-state index in [-0.39, 0.29) is 0 Å². The van der Waals surface area contributed by atoms with Crippen molar-refractivity contribution in [1.82, 2.24) is 0 Å².